The van der Waals surface area contributed by atoms with Crippen LogP contribution in [0, 0.1) is 6.92 Å². The van der Waals surface area contributed by atoms with E-state index in [-0.39, 0.29) is 6.04 Å². The third-order valence-corrected chi connectivity index (χ3v) is 3.58. The minimum absolute atomic E-state index is 0.0566. The monoisotopic (exact) mass is 240 g/mol. The second-order valence-electron chi connectivity index (χ2n) is 4.03. The van der Waals surface area contributed by atoms with E-state index in [1.165, 1.54) is 0 Å². The summed E-state index contributed by atoms with van der Waals surface area (Å²) in [6.07, 6.45) is 1.72. The van der Waals surface area contributed by atoms with Crippen LogP contribution in [0.15, 0.2) is 12.3 Å². The minimum Gasteiger partial charge on any atom is -0.383 e. The molecule has 16 heavy (non-hydrogen) atoms. The summed E-state index contributed by atoms with van der Waals surface area (Å²) < 4.78 is 0. The summed E-state index contributed by atoms with van der Waals surface area (Å²) in [6, 6.07) is 2.01. The molecule has 0 fully saturated rings. The summed E-state index contributed by atoms with van der Waals surface area (Å²) in [6.45, 7) is 6.35. The van der Waals surface area contributed by atoms with Gasteiger partial charge in [0.25, 0.3) is 0 Å². The molecule has 5 N–H and O–H groups in total. The number of anilines is 1. The first kappa shape index (κ1) is 13.3. The van der Waals surface area contributed by atoms with Crippen molar-refractivity contribution in [3.05, 3.63) is 23.4 Å². The van der Waals surface area contributed by atoms with Gasteiger partial charge >= 0.3 is 0 Å². The molecule has 4 nitrogen and oxygen atoms in total. The maximum atomic E-state index is 5.89. The molecule has 0 aliphatic carbocycles. The standard InChI is InChI=1S/C11H20N4S/c1-7(2)16-6-9(15-13)10-8(3)4-5-14-11(10)12/h4-5,7,9,15H,6,13H2,1-3H3,(H2,12,14). The Labute approximate surface area is 101 Å². The molecule has 1 rings (SSSR count). The zero-order valence-electron chi connectivity index (χ0n) is 10.0. The lowest BCUT2D eigenvalue weighted by molar-refractivity contribution is 0.607. The Hall–Kier alpha value is -0.780. The lowest BCUT2D eigenvalue weighted by atomic mass is 10.0. The number of hydrogen-bond acceptors (Lipinski definition) is 5. The first-order chi connectivity index (χ1) is 7.56. The molecule has 1 unspecified atom stereocenters. The number of nitrogen functional groups attached to an aromatic ring is 1. The second-order valence-corrected chi connectivity index (χ2v) is 5.64. The van der Waals surface area contributed by atoms with Crippen molar-refractivity contribution in [2.45, 2.75) is 32.1 Å². The van der Waals surface area contributed by atoms with Gasteiger partial charge in [0, 0.05) is 17.5 Å². The largest absolute Gasteiger partial charge is 0.383 e. The quantitative estimate of drug-likeness (QED) is 0.538. The van der Waals surface area contributed by atoms with Crippen molar-refractivity contribution in [3.63, 3.8) is 0 Å². The van der Waals surface area contributed by atoms with Crippen LogP contribution >= 0.6 is 11.8 Å². The van der Waals surface area contributed by atoms with Gasteiger partial charge in [-0.1, -0.05) is 13.8 Å². The van der Waals surface area contributed by atoms with E-state index in [4.69, 9.17) is 11.6 Å². The highest BCUT2D eigenvalue weighted by molar-refractivity contribution is 7.99. The van der Waals surface area contributed by atoms with Gasteiger partial charge in [0.05, 0.1) is 6.04 Å². The summed E-state index contributed by atoms with van der Waals surface area (Å²) in [5.74, 6) is 7.04. The van der Waals surface area contributed by atoms with Gasteiger partial charge in [0.2, 0.25) is 0 Å². The third kappa shape index (κ3) is 3.37. The summed E-state index contributed by atoms with van der Waals surface area (Å²) >= 11 is 1.85. The number of hydrazine groups is 1. The fourth-order valence-electron chi connectivity index (χ4n) is 1.55. The van der Waals surface area contributed by atoms with E-state index in [0.717, 1.165) is 16.9 Å². The fraction of sp³-hybridized carbons (Fsp3) is 0.545. The summed E-state index contributed by atoms with van der Waals surface area (Å²) in [5.41, 5.74) is 10.8. The molecular weight excluding hydrogens is 220 g/mol. The SMILES string of the molecule is Cc1ccnc(N)c1C(CSC(C)C)NN. The zero-order valence-corrected chi connectivity index (χ0v) is 10.8. The maximum Gasteiger partial charge on any atom is 0.128 e. The molecule has 1 aromatic rings. The van der Waals surface area contributed by atoms with Crippen molar-refractivity contribution in [2.24, 2.45) is 5.84 Å². The van der Waals surface area contributed by atoms with Crippen LogP contribution in [0.3, 0.4) is 0 Å². The van der Waals surface area contributed by atoms with Crippen LogP contribution in [-0.4, -0.2) is 16.0 Å². The summed E-state index contributed by atoms with van der Waals surface area (Å²) in [7, 11) is 0. The highest BCUT2D eigenvalue weighted by atomic mass is 32.2. The van der Waals surface area contributed by atoms with Gasteiger partial charge in [0.15, 0.2) is 0 Å². The number of nitrogens with two attached hydrogens (primary N) is 2. The Morgan fingerprint density at radius 3 is 2.69 bits per heavy atom. The van der Waals surface area contributed by atoms with Gasteiger partial charge in [-0.15, -0.1) is 0 Å². The summed E-state index contributed by atoms with van der Waals surface area (Å²) in [4.78, 5) is 4.11. The lowest BCUT2D eigenvalue weighted by Crippen LogP contribution is -2.31. The molecular formula is C11H20N4S. The molecule has 1 heterocycles. The van der Waals surface area contributed by atoms with Crippen LogP contribution in [0.5, 0.6) is 0 Å². The average molecular weight is 240 g/mol. The molecule has 1 aromatic heterocycles. The molecule has 0 saturated carbocycles. The highest BCUT2D eigenvalue weighted by Gasteiger charge is 2.16. The van der Waals surface area contributed by atoms with E-state index in [1.54, 1.807) is 6.20 Å². The Morgan fingerprint density at radius 2 is 2.19 bits per heavy atom. The van der Waals surface area contributed by atoms with Gasteiger partial charge in [-0.2, -0.15) is 11.8 Å². The van der Waals surface area contributed by atoms with Crippen molar-refractivity contribution < 1.29 is 0 Å². The Morgan fingerprint density at radius 1 is 1.50 bits per heavy atom. The average Bonchev–Trinajstić information content (AvgIpc) is 2.22. The fourth-order valence-corrected chi connectivity index (χ4v) is 2.39. The molecule has 0 aliphatic rings. The molecule has 0 spiro atoms. The van der Waals surface area contributed by atoms with Crippen LogP contribution in [0.2, 0.25) is 0 Å². The zero-order chi connectivity index (χ0) is 12.1. The number of rotatable bonds is 5. The van der Waals surface area contributed by atoms with Crippen molar-refractivity contribution in [1.29, 1.82) is 0 Å². The molecule has 0 aliphatic heterocycles. The Balaban J connectivity index is 2.86. The van der Waals surface area contributed by atoms with Gasteiger partial charge < -0.3 is 5.73 Å². The molecule has 5 heteroatoms. The van der Waals surface area contributed by atoms with Crippen LogP contribution in [-0.2, 0) is 0 Å². The van der Waals surface area contributed by atoms with Gasteiger partial charge in [-0.25, -0.2) is 4.98 Å². The normalized spacial score (nSPS) is 13.1. The number of pyridine rings is 1. The molecule has 0 amide bonds. The lowest BCUT2D eigenvalue weighted by Gasteiger charge is -2.20. The first-order valence-corrected chi connectivity index (χ1v) is 6.39. The Kier molecular flexibility index (Phi) is 5.05. The van der Waals surface area contributed by atoms with E-state index >= 15 is 0 Å². The van der Waals surface area contributed by atoms with Crippen molar-refractivity contribution in [2.75, 3.05) is 11.5 Å². The van der Waals surface area contributed by atoms with Gasteiger partial charge in [0.1, 0.15) is 5.82 Å². The first-order valence-electron chi connectivity index (χ1n) is 5.35. The van der Waals surface area contributed by atoms with Crippen molar-refractivity contribution in [1.82, 2.24) is 10.4 Å². The van der Waals surface area contributed by atoms with E-state index in [2.05, 4.69) is 24.3 Å². The number of nitrogens with zero attached hydrogens (tertiary/aromatic N) is 1. The number of nitrogens with one attached hydrogen (secondary N) is 1. The molecule has 90 valence electrons. The second kappa shape index (κ2) is 6.08. The van der Waals surface area contributed by atoms with E-state index < -0.39 is 0 Å². The Bertz CT molecular complexity index is 321. The topological polar surface area (TPSA) is 77.0 Å². The summed E-state index contributed by atoms with van der Waals surface area (Å²) in [5, 5.41) is 0.578. The smallest absolute Gasteiger partial charge is 0.128 e. The van der Waals surface area contributed by atoms with Crippen molar-refractivity contribution in [3.8, 4) is 0 Å². The number of aromatic nitrogens is 1. The molecule has 0 radical (unpaired) electrons. The third-order valence-electron chi connectivity index (χ3n) is 2.38. The number of thioether (sulfide) groups is 1. The van der Waals surface area contributed by atoms with Crippen LogP contribution < -0.4 is 17.0 Å². The van der Waals surface area contributed by atoms with Crippen LogP contribution in [0.25, 0.3) is 0 Å². The minimum atomic E-state index is 0.0566. The maximum absolute atomic E-state index is 5.89. The number of aryl methyl sites for hydroxylation is 1. The predicted octanol–water partition coefficient (Wildman–Crippen LogP) is 1.62. The number of hydrogen-bond donors (Lipinski definition) is 3. The molecule has 1 atom stereocenters. The van der Waals surface area contributed by atoms with Gasteiger partial charge in [-0.3, -0.25) is 11.3 Å². The van der Waals surface area contributed by atoms with E-state index in [0.29, 0.717) is 11.1 Å². The van der Waals surface area contributed by atoms with Crippen LogP contribution in [0.1, 0.15) is 31.0 Å². The predicted molar refractivity (Wildman–Crippen MR) is 71.0 cm³/mol. The molecule has 0 saturated heterocycles. The molecule has 0 bridgehead atoms. The highest BCUT2D eigenvalue weighted by Crippen LogP contribution is 2.26. The van der Waals surface area contributed by atoms with E-state index in [1.807, 2.05) is 24.8 Å². The van der Waals surface area contributed by atoms with Gasteiger partial charge in [-0.05, 0) is 23.8 Å². The molecule has 0 aromatic carbocycles. The van der Waals surface area contributed by atoms with Crippen molar-refractivity contribution >= 4 is 17.6 Å². The van der Waals surface area contributed by atoms with Crippen LogP contribution in [0.4, 0.5) is 5.82 Å². The van der Waals surface area contributed by atoms with E-state index in [9.17, 15) is 0 Å².